The number of hydrogen-bond acceptors (Lipinski definition) is 3. The van der Waals surface area contributed by atoms with E-state index in [2.05, 4.69) is 21.2 Å². The number of hydrogen-bond donors (Lipinski definition) is 1. The van der Waals surface area contributed by atoms with E-state index in [1.807, 2.05) is 11.4 Å². The summed E-state index contributed by atoms with van der Waals surface area (Å²) in [4.78, 5) is 12.3. The van der Waals surface area contributed by atoms with Crippen molar-refractivity contribution in [1.29, 1.82) is 0 Å². The van der Waals surface area contributed by atoms with Crippen molar-refractivity contribution in [2.75, 3.05) is 18.6 Å². The lowest BCUT2D eigenvalue weighted by Crippen LogP contribution is -2.24. The lowest BCUT2D eigenvalue weighted by Gasteiger charge is -2.02. The molecular formula is C9H12BrNO2S2. The number of halogens is 1. The van der Waals surface area contributed by atoms with Crippen LogP contribution >= 0.6 is 27.3 Å². The molecule has 1 aromatic rings. The summed E-state index contributed by atoms with van der Waals surface area (Å²) < 4.78 is 11.6. The number of carbonyl (C=O) groups excluding carboxylic acids is 1. The van der Waals surface area contributed by atoms with Crippen LogP contribution in [0.3, 0.4) is 0 Å². The zero-order valence-corrected chi connectivity index (χ0v) is 11.5. The van der Waals surface area contributed by atoms with Gasteiger partial charge in [-0.15, -0.1) is 11.3 Å². The number of carbonyl (C=O) groups is 1. The molecule has 3 nitrogen and oxygen atoms in total. The molecule has 1 rings (SSSR count). The summed E-state index contributed by atoms with van der Waals surface area (Å²) in [5.41, 5.74) is 0. The molecule has 0 fully saturated rings. The maximum Gasteiger partial charge on any atom is 0.262 e. The van der Waals surface area contributed by atoms with E-state index < -0.39 is 10.8 Å². The monoisotopic (exact) mass is 309 g/mol. The molecular weight excluding hydrogens is 298 g/mol. The number of rotatable bonds is 5. The highest BCUT2D eigenvalue weighted by Crippen LogP contribution is 2.22. The van der Waals surface area contributed by atoms with Crippen molar-refractivity contribution in [2.45, 2.75) is 6.42 Å². The number of nitrogens with one attached hydrogen (secondary N) is 1. The van der Waals surface area contributed by atoms with Gasteiger partial charge < -0.3 is 5.32 Å². The van der Waals surface area contributed by atoms with E-state index in [1.54, 1.807) is 6.26 Å². The van der Waals surface area contributed by atoms with E-state index in [-0.39, 0.29) is 5.91 Å². The van der Waals surface area contributed by atoms with Crippen LogP contribution in [0.4, 0.5) is 0 Å². The van der Waals surface area contributed by atoms with Gasteiger partial charge in [0, 0.05) is 33.8 Å². The van der Waals surface area contributed by atoms with Crippen LogP contribution in [-0.2, 0) is 10.8 Å². The van der Waals surface area contributed by atoms with Crippen LogP contribution in [0.15, 0.2) is 15.9 Å². The molecule has 0 saturated heterocycles. The normalized spacial score (nSPS) is 12.4. The zero-order chi connectivity index (χ0) is 11.3. The molecule has 0 aliphatic heterocycles. The molecule has 1 atom stereocenters. The van der Waals surface area contributed by atoms with Crippen LogP contribution in [0.2, 0.25) is 0 Å². The molecule has 0 bridgehead atoms. The molecule has 1 unspecified atom stereocenters. The average molecular weight is 310 g/mol. The second-order valence-electron chi connectivity index (χ2n) is 2.98. The molecule has 1 aromatic heterocycles. The summed E-state index contributed by atoms with van der Waals surface area (Å²) in [6.45, 7) is 0.572. The molecule has 1 N–H and O–H groups in total. The molecule has 1 heterocycles. The third-order valence-corrected chi connectivity index (χ3v) is 4.42. The number of amides is 1. The molecule has 0 aliphatic rings. The average Bonchev–Trinajstić information content (AvgIpc) is 2.58. The molecule has 1 amide bonds. The standard InChI is InChI=1S/C9H12BrNO2S2/c1-15(13)6-2-4-11-9(12)8-7(10)3-5-14-8/h3,5H,2,4,6H2,1H3,(H,11,12). The van der Waals surface area contributed by atoms with Crippen LogP contribution in [0.1, 0.15) is 16.1 Å². The van der Waals surface area contributed by atoms with Crippen LogP contribution in [0.5, 0.6) is 0 Å². The Balaban J connectivity index is 2.31. The van der Waals surface area contributed by atoms with Gasteiger partial charge in [0.25, 0.3) is 5.91 Å². The SMILES string of the molecule is CS(=O)CCCNC(=O)c1sccc1Br. The van der Waals surface area contributed by atoms with Crippen molar-refractivity contribution in [3.63, 3.8) is 0 Å². The van der Waals surface area contributed by atoms with Gasteiger partial charge in [-0.1, -0.05) is 0 Å². The van der Waals surface area contributed by atoms with Gasteiger partial charge in [-0.25, -0.2) is 0 Å². The van der Waals surface area contributed by atoms with E-state index in [0.717, 1.165) is 10.9 Å². The topological polar surface area (TPSA) is 46.2 Å². The Kier molecular flexibility index (Phi) is 5.49. The highest BCUT2D eigenvalue weighted by Gasteiger charge is 2.10. The summed E-state index contributed by atoms with van der Waals surface area (Å²) >= 11 is 4.70. The van der Waals surface area contributed by atoms with Gasteiger partial charge in [-0.2, -0.15) is 0 Å². The molecule has 0 aliphatic carbocycles. The molecule has 0 aromatic carbocycles. The van der Waals surface area contributed by atoms with Crippen molar-refractivity contribution in [1.82, 2.24) is 5.32 Å². The summed E-state index contributed by atoms with van der Waals surface area (Å²) in [6.07, 6.45) is 2.41. The zero-order valence-electron chi connectivity index (χ0n) is 8.29. The van der Waals surface area contributed by atoms with Crippen LogP contribution in [-0.4, -0.2) is 28.7 Å². The molecule has 84 valence electrons. The smallest absolute Gasteiger partial charge is 0.262 e. The Morgan fingerprint density at radius 3 is 2.93 bits per heavy atom. The van der Waals surface area contributed by atoms with Crippen LogP contribution < -0.4 is 5.32 Å². The van der Waals surface area contributed by atoms with E-state index in [4.69, 9.17) is 0 Å². The first-order valence-corrected chi connectivity index (χ1v) is 7.82. The van der Waals surface area contributed by atoms with Gasteiger partial charge in [0.1, 0.15) is 4.88 Å². The fourth-order valence-corrected chi connectivity index (χ4v) is 3.03. The van der Waals surface area contributed by atoms with Crippen molar-refractivity contribution in [3.8, 4) is 0 Å². The highest BCUT2D eigenvalue weighted by atomic mass is 79.9. The van der Waals surface area contributed by atoms with Gasteiger partial charge in [0.05, 0.1) is 0 Å². The predicted octanol–water partition coefficient (Wildman–Crippen LogP) is 2.01. The summed E-state index contributed by atoms with van der Waals surface area (Å²) in [7, 11) is -0.779. The molecule has 0 saturated carbocycles. The van der Waals surface area contributed by atoms with Crippen molar-refractivity contribution in [3.05, 3.63) is 20.8 Å². The maximum absolute atomic E-state index is 11.6. The van der Waals surface area contributed by atoms with Crippen LogP contribution in [0, 0.1) is 0 Å². The van der Waals surface area contributed by atoms with E-state index in [0.29, 0.717) is 17.2 Å². The fraction of sp³-hybridized carbons (Fsp3) is 0.444. The molecule has 15 heavy (non-hydrogen) atoms. The largest absolute Gasteiger partial charge is 0.351 e. The fourth-order valence-electron chi connectivity index (χ4n) is 1.01. The Labute approximate surface area is 104 Å². The van der Waals surface area contributed by atoms with Crippen molar-refractivity contribution >= 4 is 44.0 Å². The van der Waals surface area contributed by atoms with Gasteiger partial charge in [-0.3, -0.25) is 9.00 Å². The third kappa shape index (κ3) is 4.44. The Hall–Kier alpha value is -0.200. The second-order valence-corrected chi connectivity index (χ2v) is 6.31. The minimum absolute atomic E-state index is 0.0706. The summed E-state index contributed by atoms with van der Waals surface area (Å²) in [5, 5.41) is 4.65. The van der Waals surface area contributed by atoms with Gasteiger partial charge >= 0.3 is 0 Å². The van der Waals surface area contributed by atoms with Gasteiger partial charge in [0.2, 0.25) is 0 Å². The minimum Gasteiger partial charge on any atom is -0.351 e. The Morgan fingerprint density at radius 2 is 2.40 bits per heavy atom. The van der Waals surface area contributed by atoms with Gasteiger partial charge in [-0.05, 0) is 33.8 Å². The van der Waals surface area contributed by atoms with E-state index in [1.165, 1.54) is 11.3 Å². The first-order valence-electron chi connectivity index (χ1n) is 4.42. The first-order chi connectivity index (χ1) is 7.11. The Morgan fingerprint density at radius 1 is 1.67 bits per heavy atom. The molecule has 0 radical (unpaired) electrons. The van der Waals surface area contributed by atoms with E-state index >= 15 is 0 Å². The minimum atomic E-state index is -0.779. The lowest BCUT2D eigenvalue weighted by molar-refractivity contribution is 0.0957. The van der Waals surface area contributed by atoms with Gasteiger partial charge in [0.15, 0.2) is 0 Å². The lowest BCUT2D eigenvalue weighted by atomic mass is 10.4. The quantitative estimate of drug-likeness (QED) is 0.846. The maximum atomic E-state index is 11.6. The summed E-state index contributed by atoms with van der Waals surface area (Å²) in [5.74, 6) is 0.560. The predicted molar refractivity (Wildman–Crippen MR) is 67.9 cm³/mol. The number of thiophene rings is 1. The summed E-state index contributed by atoms with van der Waals surface area (Å²) in [6, 6.07) is 1.85. The van der Waals surface area contributed by atoms with Crippen LogP contribution in [0.25, 0.3) is 0 Å². The highest BCUT2D eigenvalue weighted by molar-refractivity contribution is 9.10. The molecule has 0 spiro atoms. The van der Waals surface area contributed by atoms with Crippen molar-refractivity contribution < 1.29 is 9.00 Å². The molecule has 6 heteroatoms. The third-order valence-electron chi connectivity index (χ3n) is 1.72. The van der Waals surface area contributed by atoms with Crippen molar-refractivity contribution in [2.24, 2.45) is 0 Å². The van der Waals surface area contributed by atoms with E-state index in [9.17, 15) is 9.00 Å². The Bertz CT molecular complexity index is 365. The first kappa shape index (κ1) is 12.9. The second kappa shape index (κ2) is 6.40.